The second-order valence-electron chi connectivity index (χ2n) is 3.96. The van der Waals surface area contributed by atoms with Crippen LogP contribution in [-0.4, -0.2) is 32.6 Å². The standard InChI is InChI=1S/C12H14N2O2S/c1-8(6-17-2)14-7-13-10-5-9(12(15)16)3-4-11(10)14/h3-5,7-8H,6H2,1-2H3,(H,15,16). The molecule has 0 amide bonds. The van der Waals surface area contributed by atoms with Crippen molar-refractivity contribution in [3.05, 3.63) is 30.1 Å². The average molecular weight is 250 g/mol. The number of benzene rings is 1. The number of rotatable bonds is 4. The SMILES string of the molecule is CSCC(C)n1cnc2cc(C(=O)O)ccc21. The predicted octanol–water partition coefficient (Wildman–Crippen LogP) is 2.66. The van der Waals surface area contributed by atoms with Crippen molar-refractivity contribution in [2.24, 2.45) is 0 Å². The molecule has 1 unspecified atom stereocenters. The first-order valence-corrected chi connectivity index (χ1v) is 6.71. The number of hydrogen-bond acceptors (Lipinski definition) is 3. The summed E-state index contributed by atoms with van der Waals surface area (Å²) in [6, 6.07) is 5.41. The Hall–Kier alpha value is -1.49. The summed E-state index contributed by atoms with van der Waals surface area (Å²) in [6.07, 6.45) is 3.84. The first-order chi connectivity index (χ1) is 8.13. The van der Waals surface area contributed by atoms with Gasteiger partial charge in [-0.25, -0.2) is 9.78 Å². The Bertz CT molecular complexity index is 550. The van der Waals surface area contributed by atoms with E-state index in [-0.39, 0.29) is 5.56 Å². The van der Waals surface area contributed by atoms with Gasteiger partial charge in [0.2, 0.25) is 0 Å². The van der Waals surface area contributed by atoms with E-state index in [0.29, 0.717) is 6.04 Å². The third-order valence-corrected chi connectivity index (χ3v) is 3.52. The fourth-order valence-electron chi connectivity index (χ4n) is 1.84. The number of carboxylic acid groups (broad SMARTS) is 1. The minimum absolute atomic E-state index is 0.278. The minimum atomic E-state index is -0.918. The molecule has 1 aromatic heterocycles. The Kier molecular flexibility index (Phi) is 3.38. The lowest BCUT2D eigenvalue weighted by Gasteiger charge is -2.12. The molecule has 0 bridgehead atoms. The molecule has 1 N–H and O–H groups in total. The Morgan fingerprint density at radius 1 is 1.59 bits per heavy atom. The van der Waals surface area contributed by atoms with Crippen molar-refractivity contribution < 1.29 is 9.90 Å². The highest BCUT2D eigenvalue weighted by Crippen LogP contribution is 2.20. The zero-order valence-corrected chi connectivity index (χ0v) is 10.6. The van der Waals surface area contributed by atoms with Gasteiger partial charge in [0, 0.05) is 11.8 Å². The average Bonchev–Trinajstić information content (AvgIpc) is 2.71. The third-order valence-electron chi connectivity index (χ3n) is 2.70. The van der Waals surface area contributed by atoms with Gasteiger partial charge in [-0.1, -0.05) is 0 Å². The summed E-state index contributed by atoms with van der Waals surface area (Å²) in [5.74, 6) is 0.0881. The number of carboxylic acids is 1. The highest BCUT2D eigenvalue weighted by atomic mass is 32.2. The van der Waals surface area contributed by atoms with Crippen molar-refractivity contribution in [1.82, 2.24) is 9.55 Å². The van der Waals surface area contributed by atoms with E-state index in [2.05, 4.69) is 22.7 Å². The number of hydrogen-bond donors (Lipinski definition) is 1. The summed E-state index contributed by atoms with van der Waals surface area (Å²) in [4.78, 5) is 15.1. The number of aromatic nitrogens is 2. The van der Waals surface area contributed by atoms with Crippen molar-refractivity contribution in [3.8, 4) is 0 Å². The van der Waals surface area contributed by atoms with Crippen LogP contribution in [0.15, 0.2) is 24.5 Å². The molecule has 17 heavy (non-hydrogen) atoms. The maximum Gasteiger partial charge on any atom is 0.335 e. The lowest BCUT2D eigenvalue weighted by Crippen LogP contribution is -2.06. The van der Waals surface area contributed by atoms with Crippen LogP contribution < -0.4 is 0 Å². The van der Waals surface area contributed by atoms with E-state index < -0.39 is 5.97 Å². The fraction of sp³-hybridized carbons (Fsp3) is 0.333. The Balaban J connectivity index is 2.44. The zero-order valence-electron chi connectivity index (χ0n) is 9.75. The summed E-state index contributed by atoms with van der Waals surface area (Å²) in [5, 5.41) is 8.91. The van der Waals surface area contributed by atoms with Crippen LogP contribution in [0.2, 0.25) is 0 Å². The molecule has 5 heteroatoms. The Morgan fingerprint density at radius 2 is 2.35 bits per heavy atom. The van der Waals surface area contributed by atoms with Crippen LogP contribution in [0.5, 0.6) is 0 Å². The first kappa shape index (κ1) is 12.0. The molecule has 90 valence electrons. The summed E-state index contributed by atoms with van der Waals surface area (Å²) >= 11 is 1.78. The van der Waals surface area contributed by atoms with Gasteiger partial charge in [-0.05, 0) is 31.4 Å². The Morgan fingerprint density at radius 3 is 3.00 bits per heavy atom. The largest absolute Gasteiger partial charge is 0.478 e. The van der Waals surface area contributed by atoms with Crippen LogP contribution in [0.1, 0.15) is 23.3 Å². The van der Waals surface area contributed by atoms with E-state index >= 15 is 0 Å². The molecule has 0 aliphatic rings. The number of aromatic carboxylic acids is 1. The molecule has 0 saturated carbocycles. The van der Waals surface area contributed by atoms with Gasteiger partial charge in [-0.3, -0.25) is 0 Å². The van der Waals surface area contributed by atoms with Crippen molar-refractivity contribution in [1.29, 1.82) is 0 Å². The smallest absolute Gasteiger partial charge is 0.335 e. The van der Waals surface area contributed by atoms with Gasteiger partial charge in [0.1, 0.15) is 0 Å². The van der Waals surface area contributed by atoms with Gasteiger partial charge in [0.25, 0.3) is 0 Å². The maximum absolute atomic E-state index is 10.8. The molecule has 1 heterocycles. The van der Waals surface area contributed by atoms with Crippen LogP contribution >= 0.6 is 11.8 Å². The van der Waals surface area contributed by atoms with Crippen LogP contribution in [0, 0.1) is 0 Å². The monoisotopic (exact) mass is 250 g/mol. The van der Waals surface area contributed by atoms with Crippen molar-refractivity contribution in [3.63, 3.8) is 0 Å². The molecule has 0 fully saturated rings. The molecule has 0 saturated heterocycles. The molecular weight excluding hydrogens is 236 g/mol. The normalized spacial score (nSPS) is 12.8. The number of carbonyl (C=O) groups is 1. The summed E-state index contributed by atoms with van der Waals surface area (Å²) in [7, 11) is 0. The van der Waals surface area contributed by atoms with Crippen LogP contribution in [0.4, 0.5) is 0 Å². The van der Waals surface area contributed by atoms with Gasteiger partial charge in [-0.2, -0.15) is 11.8 Å². The highest BCUT2D eigenvalue weighted by molar-refractivity contribution is 7.98. The second-order valence-corrected chi connectivity index (χ2v) is 4.88. The van der Waals surface area contributed by atoms with E-state index in [1.165, 1.54) is 0 Å². The molecule has 2 rings (SSSR count). The number of imidazole rings is 1. The predicted molar refractivity (Wildman–Crippen MR) is 69.8 cm³/mol. The molecule has 0 spiro atoms. The van der Waals surface area contributed by atoms with Gasteiger partial charge in [-0.15, -0.1) is 0 Å². The van der Waals surface area contributed by atoms with Crippen molar-refractivity contribution in [2.45, 2.75) is 13.0 Å². The van der Waals surface area contributed by atoms with Gasteiger partial charge in [0.05, 0.1) is 22.9 Å². The van der Waals surface area contributed by atoms with E-state index in [9.17, 15) is 4.79 Å². The van der Waals surface area contributed by atoms with Gasteiger partial charge < -0.3 is 9.67 Å². The maximum atomic E-state index is 10.8. The summed E-state index contributed by atoms with van der Waals surface area (Å²) < 4.78 is 2.08. The molecule has 1 atom stereocenters. The highest BCUT2D eigenvalue weighted by Gasteiger charge is 2.11. The summed E-state index contributed by atoms with van der Waals surface area (Å²) in [5.41, 5.74) is 2.00. The lowest BCUT2D eigenvalue weighted by molar-refractivity contribution is 0.0697. The minimum Gasteiger partial charge on any atom is -0.478 e. The molecule has 2 aromatic rings. The molecular formula is C12H14N2O2S. The third kappa shape index (κ3) is 2.29. The van der Waals surface area contributed by atoms with E-state index in [0.717, 1.165) is 16.8 Å². The molecule has 0 radical (unpaired) electrons. The van der Waals surface area contributed by atoms with Crippen LogP contribution in [0.3, 0.4) is 0 Å². The fourth-order valence-corrected chi connectivity index (χ4v) is 2.48. The van der Waals surface area contributed by atoms with Gasteiger partial charge >= 0.3 is 5.97 Å². The number of nitrogens with zero attached hydrogens (tertiary/aromatic N) is 2. The lowest BCUT2D eigenvalue weighted by atomic mass is 10.2. The van der Waals surface area contributed by atoms with Crippen LogP contribution in [-0.2, 0) is 0 Å². The zero-order chi connectivity index (χ0) is 12.4. The van der Waals surface area contributed by atoms with Crippen molar-refractivity contribution in [2.75, 3.05) is 12.0 Å². The van der Waals surface area contributed by atoms with E-state index in [4.69, 9.17) is 5.11 Å². The summed E-state index contributed by atoms with van der Waals surface area (Å²) in [6.45, 7) is 2.13. The number of thioether (sulfide) groups is 1. The van der Waals surface area contributed by atoms with E-state index in [1.807, 2.05) is 6.07 Å². The molecule has 4 nitrogen and oxygen atoms in total. The van der Waals surface area contributed by atoms with Crippen molar-refractivity contribution >= 4 is 28.8 Å². The molecule has 0 aliphatic heterocycles. The number of fused-ring (bicyclic) bond motifs is 1. The second kappa shape index (κ2) is 4.79. The van der Waals surface area contributed by atoms with E-state index in [1.54, 1.807) is 30.2 Å². The quantitative estimate of drug-likeness (QED) is 0.906. The molecule has 1 aromatic carbocycles. The van der Waals surface area contributed by atoms with Gasteiger partial charge in [0.15, 0.2) is 0 Å². The van der Waals surface area contributed by atoms with Crippen LogP contribution in [0.25, 0.3) is 11.0 Å². The topological polar surface area (TPSA) is 55.1 Å². The first-order valence-electron chi connectivity index (χ1n) is 5.32. The molecule has 0 aliphatic carbocycles. The Labute approximate surface area is 104 Å².